The molecular formula is C20H20F30O4. The van der Waals surface area contributed by atoms with Gasteiger partial charge in [-0.2, -0.15) is 110 Å². The summed E-state index contributed by atoms with van der Waals surface area (Å²) in [4.78, 5) is 1.23. The van der Waals surface area contributed by atoms with Crippen LogP contribution < -0.4 is 0 Å². The van der Waals surface area contributed by atoms with E-state index in [-0.39, 0.29) is 0 Å². The minimum Gasteiger partial charge on any atom is -0.328 e. The van der Waals surface area contributed by atoms with Crippen molar-refractivity contribution in [3.63, 3.8) is 0 Å². The normalized spacial score (nSPS) is 17.0. The Morgan fingerprint density at radius 2 is 0.667 bits per heavy atom. The van der Waals surface area contributed by atoms with Gasteiger partial charge in [-0.3, -0.25) is 8.78 Å². The lowest BCUT2D eigenvalue weighted by atomic mass is 10.1. The highest BCUT2D eigenvalue weighted by Crippen LogP contribution is 2.52. The quantitative estimate of drug-likeness (QED) is 0.194. The predicted octanol–water partition coefficient (Wildman–Crippen LogP) is 11.7. The summed E-state index contributed by atoms with van der Waals surface area (Å²) in [5, 5.41) is 0. The second kappa shape index (κ2) is 20.8. The van der Waals surface area contributed by atoms with E-state index in [0.29, 0.717) is 14.4 Å². The zero-order chi connectivity index (χ0) is 45.7. The van der Waals surface area contributed by atoms with Crippen LogP contribution in [0, 0.1) is 0 Å². The lowest BCUT2D eigenvalue weighted by molar-refractivity contribution is -0.506. The van der Waals surface area contributed by atoms with Gasteiger partial charge in [-0.25, -0.2) is 8.78 Å². The molecule has 3 atom stereocenters. The number of halogens is 30. The summed E-state index contributed by atoms with van der Waals surface area (Å²) in [6.45, 7) is -9.57. The highest BCUT2D eigenvalue weighted by Gasteiger charge is 2.79. The maximum Gasteiger partial charge on any atom is 0.458 e. The average molecular weight is 894 g/mol. The Labute approximate surface area is 279 Å². The van der Waals surface area contributed by atoms with Gasteiger partial charge in [0, 0.05) is 6.42 Å². The van der Waals surface area contributed by atoms with E-state index in [1.807, 2.05) is 0 Å². The fraction of sp³-hybridized carbons (Fsp3) is 1.00. The molecule has 0 fully saturated rings. The molecule has 0 spiro atoms. The molecule has 0 amide bonds. The van der Waals surface area contributed by atoms with Crippen molar-refractivity contribution < 1.29 is 151 Å². The molecule has 0 aromatic heterocycles. The summed E-state index contributed by atoms with van der Waals surface area (Å²) < 4.78 is 365. The van der Waals surface area contributed by atoms with Crippen molar-refractivity contribution in [2.45, 2.75) is 92.8 Å². The van der Waals surface area contributed by atoms with Crippen molar-refractivity contribution in [3.8, 4) is 0 Å². The van der Waals surface area contributed by atoms with Gasteiger partial charge in [0.2, 0.25) is 0 Å². The van der Waals surface area contributed by atoms with Crippen LogP contribution >= 0.6 is 0 Å². The summed E-state index contributed by atoms with van der Waals surface area (Å²) >= 11 is 0. The first kappa shape index (κ1) is 61.0. The molecule has 0 rings (SSSR count). The lowest BCUT2D eigenvalue weighted by Crippen LogP contribution is -2.64. The van der Waals surface area contributed by atoms with Crippen molar-refractivity contribution in [3.05, 3.63) is 0 Å². The molecule has 0 aliphatic heterocycles. The van der Waals surface area contributed by atoms with E-state index in [0.717, 1.165) is 6.92 Å². The van der Waals surface area contributed by atoms with Crippen molar-refractivity contribution in [2.75, 3.05) is 34.2 Å². The Hall–Kier alpha value is -2.26. The van der Waals surface area contributed by atoms with Gasteiger partial charge < -0.3 is 14.2 Å². The first-order valence-corrected chi connectivity index (χ1v) is 11.8. The van der Waals surface area contributed by atoms with Gasteiger partial charge in [0.15, 0.2) is 0 Å². The van der Waals surface area contributed by atoms with Gasteiger partial charge in [0.1, 0.15) is 19.8 Å². The van der Waals surface area contributed by atoms with Crippen LogP contribution in [-0.2, 0) is 19.2 Å². The molecule has 0 N–H and O–H groups in total. The molecule has 0 aromatic rings. The van der Waals surface area contributed by atoms with Gasteiger partial charge >= 0.3 is 66.9 Å². The molecule has 3 unspecified atom stereocenters. The smallest absolute Gasteiger partial charge is 0.328 e. The van der Waals surface area contributed by atoms with Crippen LogP contribution in [-0.4, -0.2) is 107 Å². The van der Waals surface area contributed by atoms with Gasteiger partial charge in [-0.1, -0.05) is 6.92 Å². The highest BCUT2D eigenvalue weighted by atomic mass is 19.4. The second-order valence-corrected chi connectivity index (χ2v) is 8.59. The molecule has 0 bridgehead atoms. The third kappa shape index (κ3) is 19.1. The van der Waals surface area contributed by atoms with Crippen LogP contribution in [0.25, 0.3) is 0 Å². The van der Waals surface area contributed by atoms with Crippen LogP contribution in [0.15, 0.2) is 0 Å². The topological polar surface area (TPSA) is 36.9 Å². The molecule has 0 saturated carbocycles. The second-order valence-electron chi connectivity index (χ2n) is 8.59. The monoisotopic (exact) mass is 894 g/mol. The summed E-state index contributed by atoms with van der Waals surface area (Å²) in [7, 11) is 1.00. The number of hydrogen-bond acceptors (Lipinski definition) is 4. The molecule has 0 aliphatic carbocycles. The predicted molar refractivity (Wildman–Crippen MR) is 113 cm³/mol. The van der Waals surface area contributed by atoms with Gasteiger partial charge in [-0.15, -0.1) is 4.94 Å². The van der Waals surface area contributed by atoms with Crippen LogP contribution in [0.5, 0.6) is 0 Å². The SMILES string of the molecule is CC(F)(C(F)(F)F)C(F)(F)OCC(F)(F)F.CCC(F)(F)F.CF.CF.FOC(F)(F)C(F)(OCC(F)(C(F)(F)F)C(F)(F)OCC(F)(F)F)C(F)(F)F. The maximum absolute atomic E-state index is 13.7. The summed E-state index contributed by atoms with van der Waals surface area (Å²) in [5.41, 5.74) is -11.9. The fourth-order valence-electron chi connectivity index (χ4n) is 1.67. The molecule has 4 nitrogen and oxygen atoms in total. The van der Waals surface area contributed by atoms with Crippen molar-refractivity contribution in [2.24, 2.45) is 0 Å². The van der Waals surface area contributed by atoms with Gasteiger partial charge in [0.25, 0.3) is 5.67 Å². The summed E-state index contributed by atoms with van der Waals surface area (Å²) in [6.07, 6.45) is -55.4. The molecule has 0 radical (unpaired) electrons. The van der Waals surface area contributed by atoms with Crippen molar-refractivity contribution in [1.82, 2.24) is 0 Å². The molecule has 0 aliphatic rings. The average Bonchev–Trinajstić information content (AvgIpc) is 2.97. The van der Waals surface area contributed by atoms with Crippen LogP contribution in [0.4, 0.5) is 132 Å². The lowest BCUT2D eigenvalue weighted by Gasteiger charge is -2.37. The first-order valence-electron chi connectivity index (χ1n) is 11.8. The van der Waals surface area contributed by atoms with Crippen LogP contribution in [0.3, 0.4) is 0 Å². The highest BCUT2D eigenvalue weighted by molar-refractivity contribution is 4.98. The maximum atomic E-state index is 13.7. The minimum absolute atomic E-state index is 0.500. The molecule has 334 valence electrons. The van der Waals surface area contributed by atoms with Crippen molar-refractivity contribution >= 4 is 0 Å². The number of hydrogen-bond donors (Lipinski definition) is 0. The van der Waals surface area contributed by atoms with Crippen molar-refractivity contribution in [1.29, 1.82) is 0 Å². The third-order valence-electron chi connectivity index (χ3n) is 4.53. The van der Waals surface area contributed by atoms with E-state index in [1.165, 1.54) is 4.94 Å². The minimum atomic E-state index is -7.21. The van der Waals surface area contributed by atoms with E-state index in [2.05, 4.69) is 14.2 Å². The Morgan fingerprint density at radius 1 is 0.370 bits per heavy atom. The molecule has 0 aromatic carbocycles. The van der Waals surface area contributed by atoms with Gasteiger partial charge in [0.05, 0.1) is 14.4 Å². The molecule has 54 heavy (non-hydrogen) atoms. The Bertz CT molecular complexity index is 1010. The van der Waals surface area contributed by atoms with Crippen LogP contribution in [0.2, 0.25) is 0 Å². The summed E-state index contributed by atoms with van der Waals surface area (Å²) in [5.74, 6) is -6.97. The van der Waals surface area contributed by atoms with Crippen LogP contribution in [0.1, 0.15) is 20.3 Å². The zero-order valence-corrected chi connectivity index (χ0v) is 25.8. The van der Waals surface area contributed by atoms with E-state index in [1.54, 1.807) is 0 Å². The van der Waals surface area contributed by atoms with E-state index < -0.39 is 106 Å². The van der Waals surface area contributed by atoms with E-state index in [9.17, 15) is 132 Å². The van der Waals surface area contributed by atoms with Gasteiger partial charge in [-0.05, 0) is 11.4 Å². The standard InChI is InChI=1S/C9H4F16O3.C6H5F9O.C3H5F3.2CH3F/c10-3(6(15,16)17,8(21,22)27-2-4(11,12)13)1-26-5(14,7(18,19)20)9(23,24)28-25;1-3(7,5(11,12)13)6(14,15)16-2-4(8,9)10;1-2-3(4,5)6;2*1-2/h1-2H2;2H2,1H3;2H2,1H3;2*1H3. The molecule has 34 heteroatoms. The third-order valence-corrected chi connectivity index (χ3v) is 4.53. The van der Waals surface area contributed by atoms with E-state index >= 15 is 0 Å². The zero-order valence-electron chi connectivity index (χ0n) is 25.8. The Morgan fingerprint density at radius 3 is 0.870 bits per heavy atom. The molecule has 0 saturated heterocycles. The molecular weight excluding hydrogens is 874 g/mol. The molecule has 0 heterocycles. The first-order chi connectivity index (χ1) is 23.2. The summed E-state index contributed by atoms with van der Waals surface area (Å²) in [6, 6.07) is 0. The van der Waals surface area contributed by atoms with E-state index in [4.69, 9.17) is 0 Å². The largest absolute Gasteiger partial charge is 0.458 e. The number of alkyl halides is 29. The Balaban J connectivity index is -0.000000257. The number of ether oxygens (including phenoxy) is 3. The Kier molecular flexibility index (Phi) is 23.5. The number of rotatable bonds is 11. The fourth-order valence-corrected chi connectivity index (χ4v) is 1.67.